The van der Waals surface area contributed by atoms with Crippen molar-refractivity contribution in [3.8, 4) is 11.5 Å². The van der Waals surface area contributed by atoms with E-state index >= 15 is 0 Å². The van der Waals surface area contributed by atoms with Gasteiger partial charge in [-0.3, -0.25) is 14.4 Å². The van der Waals surface area contributed by atoms with Crippen molar-refractivity contribution >= 4 is 23.7 Å². The highest BCUT2D eigenvalue weighted by Crippen LogP contribution is 2.25. The van der Waals surface area contributed by atoms with Gasteiger partial charge < -0.3 is 30.5 Å². The Kier molecular flexibility index (Phi) is 9.10. The number of nitrogens with one attached hydrogen (secondary N) is 2. The molecule has 198 valence electrons. The Balaban J connectivity index is 1.75. The van der Waals surface area contributed by atoms with Crippen LogP contribution in [0, 0.1) is 5.92 Å². The molecule has 0 aliphatic carbocycles. The van der Waals surface area contributed by atoms with Crippen molar-refractivity contribution in [3.05, 3.63) is 60.2 Å². The number of amides is 3. The maximum Gasteiger partial charge on any atom is 0.326 e. The smallest absolute Gasteiger partial charge is 0.326 e. The third-order valence-corrected chi connectivity index (χ3v) is 6.18. The maximum atomic E-state index is 13.6. The van der Waals surface area contributed by atoms with Gasteiger partial charge in [0.05, 0.1) is 6.54 Å². The minimum absolute atomic E-state index is 0.0619. The Morgan fingerprint density at radius 1 is 1.03 bits per heavy atom. The number of carboxylic acid groups (broad SMARTS) is 1. The van der Waals surface area contributed by atoms with Gasteiger partial charge in [0.25, 0.3) is 0 Å². The summed E-state index contributed by atoms with van der Waals surface area (Å²) in [6.45, 7) is 4.85. The number of rotatable bonds is 10. The number of benzene rings is 2. The molecule has 37 heavy (non-hydrogen) atoms. The number of phenolic OH excluding ortho intramolecular Hbond substituents is 1. The molecule has 2 aromatic rings. The number of phenols is 1. The van der Waals surface area contributed by atoms with Crippen LogP contribution in [0.1, 0.15) is 32.8 Å². The third-order valence-electron chi connectivity index (χ3n) is 6.18. The maximum absolute atomic E-state index is 13.6. The molecule has 3 rings (SSSR count). The molecular formula is C27H33N3O7. The van der Waals surface area contributed by atoms with Crippen LogP contribution in [-0.2, 0) is 25.6 Å². The summed E-state index contributed by atoms with van der Waals surface area (Å²) in [5.74, 6) is -2.37. The molecule has 1 fully saturated rings. The van der Waals surface area contributed by atoms with Crippen LogP contribution in [0.2, 0.25) is 0 Å². The second-order valence-electron chi connectivity index (χ2n) is 9.49. The fraction of sp³-hybridized carbons (Fsp3) is 0.407. The number of aromatic hydroxyl groups is 1. The number of likely N-dealkylation sites (tertiary alicyclic amines) is 1. The van der Waals surface area contributed by atoms with Crippen molar-refractivity contribution in [2.45, 2.75) is 57.8 Å². The molecule has 10 nitrogen and oxygen atoms in total. The van der Waals surface area contributed by atoms with Crippen molar-refractivity contribution in [3.63, 3.8) is 0 Å². The van der Waals surface area contributed by atoms with Crippen molar-refractivity contribution in [2.24, 2.45) is 5.92 Å². The molecule has 0 aromatic heterocycles. The van der Waals surface area contributed by atoms with Crippen LogP contribution in [0.3, 0.4) is 0 Å². The molecule has 1 unspecified atom stereocenters. The van der Waals surface area contributed by atoms with Crippen LogP contribution in [0.25, 0.3) is 0 Å². The predicted octanol–water partition coefficient (Wildman–Crippen LogP) is 1.71. The number of carboxylic acids is 1. The van der Waals surface area contributed by atoms with Crippen LogP contribution in [-0.4, -0.2) is 69.6 Å². The van der Waals surface area contributed by atoms with Crippen LogP contribution in [0.4, 0.5) is 0 Å². The van der Waals surface area contributed by atoms with Crippen molar-refractivity contribution in [1.29, 1.82) is 0 Å². The zero-order chi connectivity index (χ0) is 27.1. The van der Waals surface area contributed by atoms with Crippen molar-refractivity contribution in [2.75, 3.05) is 6.54 Å². The summed E-state index contributed by atoms with van der Waals surface area (Å²) in [5, 5.41) is 24.6. The van der Waals surface area contributed by atoms with Gasteiger partial charge in [-0.25, -0.2) is 4.79 Å². The summed E-state index contributed by atoms with van der Waals surface area (Å²) in [4.78, 5) is 51.8. The van der Waals surface area contributed by atoms with Gasteiger partial charge in [-0.1, -0.05) is 44.2 Å². The van der Waals surface area contributed by atoms with Gasteiger partial charge in [-0.2, -0.15) is 0 Å². The summed E-state index contributed by atoms with van der Waals surface area (Å²) < 4.78 is 5.90. The average Bonchev–Trinajstić information content (AvgIpc) is 3.27. The van der Waals surface area contributed by atoms with Gasteiger partial charge in [-0.15, -0.1) is 0 Å². The lowest BCUT2D eigenvalue weighted by Crippen LogP contribution is -2.57. The monoisotopic (exact) mass is 511 g/mol. The Bertz CT molecular complexity index is 1100. The minimum atomic E-state index is -1.15. The summed E-state index contributed by atoms with van der Waals surface area (Å²) in [6, 6.07) is 12.1. The van der Waals surface area contributed by atoms with Gasteiger partial charge in [0.1, 0.15) is 35.7 Å². The van der Waals surface area contributed by atoms with Gasteiger partial charge in [-0.05, 0) is 35.7 Å². The predicted molar refractivity (Wildman–Crippen MR) is 135 cm³/mol. The molecule has 0 spiro atoms. The van der Waals surface area contributed by atoms with Crippen LogP contribution in [0.15, 0.2) is 54.6 Å². The van der Waals surface area contributed by atoms with E-state index in [0.717, 1.165) is 0 Å². The molecule has 3 amide bonds. The molecule has 0 bridgehead atoms. The Morgan fingerprint density at radius 3 is 2.24 bits per heavy atom. The average molecular weight is 512 g/mol. The second kappa shape index (κ2) is 12.2. The number of hydrogen-bond acceptors (Lipinski definition) is 6. The number of hydrogen-bond donors (Lipinski definition) is 4. The van der Waals surface area contributed by atoms with E-state index in [1.807, 2.05) is 6.07 Å². The second-order valence-corrected chi connectivity index (χ2v) is 9.49. The minimum Gasteiger partial charge on any atom is -0.508 e. The highest BCUT2D eigenvalue weighted by molar-refractivity contribution is 5.93. The standard InChI is InChI=1S/C27H33N3O7/c1-16(2)24(29-25(33)22(28-17(3)31)13-18-9-11-19(32)12-10-18)26(34)30-15-21(14-23(30)27(35)36)37-20-7-5-4-6-8-20/h4-12,16,21-24,32H,13-15H2,1-3H3,(H,28,31)(H,29,33)(H,35,36)/t21?,22-,23-,24-/m0/s1. The zero-order valence-electron chi connectivity index (χ0n) is 21.1. The molecule has 1 aliphatic heterocycles. The van der Waals surface area contributed by atoms with Crippen LogP contribution < -0.4 is 15.4 Å². The van der Waals surface area contributed by atoms with E-state index in [0.29, 0.717) is 11.3 Å². The third kappa shape index (κ3) is 7.45. The van der Waals surface area contributed by atoms with E-state index in [9.17, 15) is 29.4 Å². The molecule has 1 saturated heterocycles. The Hall–Kier alpha value is -4.08. The molecule has 2 aromatic carbocycles. The largest absolute Gasteiger partial charge is 0.508 e. The SMILES string of the molecule is CC(=O)N[C@@H](Cc1ccc(O)cc1)C(=O)N[C@H](C(=O)N1CC(Oc2ccccc2)C[C@H]1C(=O)O)C(C)C. The first-order chi connectivity index (χ1) is 17.5. The van der Waals surface area contributed by atoms with Gasteiger partial charge in [0.15, 0.2) is 0 Å². The number of carbonyl (C=O) groups is 4. The number of ether oxygens (including phenoxy) is 1. The highest BCUT2D eigenvalue weighted by atomic mass is 16.5. The van der Waals surface area contributed by atoms with Crippen LogP contribution in [0.5, 0.6) is 11.5 Å². The zero-order valence-corrected chi connectivity index (χ0v) is 21.1. The summed E-state index contributed by atoms with van der Waals surface area (Å²) >= 11 is 0. The molecule has 1 aliphatic rings. The van der Waals surface area contributed by atoms with E-state index in [2.05, 4.69) is 10.6 Å². The Morgan fingerprint density at radius 2 is 1.68 bits per heavy atom. The van der Waals surface area contributed by atoms with E-state index < -0.39 is 47.9 Å². The molecule has 4 N–H and O–H groups in total. The lowest BCUT2D eigenvalue weighted by atomic mass is 10.00. The number of carbonyl (C=O) groups excluding carboxylic acids is 3. The highest BCUT2D eigenvalue weighted by Gasteiger charge is 2.44. The summed E-state index contributed by atoms with van der Waals surface area (Å²) in [5.41, 5.74) is 0.700. The summed E-state index contributed by atoms with van der Waals surface area (Å²) in [6.07, 6.45) is -0.263. The number of aliphatic carboxylic acids is 1. The van der Waals surface area contributed by atoms with E-state index in [1.165, 1.54) is 24.0 Å². The van der Waals surface area contributed by atoms with Crippen LogP contribution >= 0.6 is 0 Å². The lowest BCUT2D eigenvalue weighted by Gasteiger charge is -2.30. The molecule has 4 atom stereocenters. The van der Waals surface area contributed by atoms with Crippen molar-refractivity contribution in [1.82, 2.24) is 15.5 Å². The Labute approximate surface area is 215 Å². The summed E-state index contributed by atoms with van der Waals surface area (Å²) in [7, 11) is 0. The first kappa shape index (κ1) is 27.5. The van der Waals surface area contributed by atoms with E-state index in [-0.39, 0.29) is 31.1 Å². The van der Waals surface area contributed by atoms with E-state index in [4.69, 9.17) is 4.74 Å². The fourth-order valence-corrected chi connectivity index (χ4v) is 4.32. The van der Waals surface area contributed by atoms with E-state index in [1.54, 1.807) is 50.2 Å². The molecule has 10 heteroatoms. The molecule has 0 saturated carbocycles. The number of nitrogens with zero attached hydrogens (tertiary/aromatic N) is 1. The normalized spacial score (nSPS) is 18.6. The molecule has 1 heterocycles. The molecular weight excluding hydrogens is 478 g/mol. The number of para-hydroxylation sites is 1. The van der Waals surface area contributed by atoms with Gasteiger partial charge in [0.2, 0.25) is 17.7 Å². The van der Waals surface area contributed by atoms with Gasteiger partial charge in [0, 0.05) is 19.8 Å². The lowest BCUT2D eigenvalue weighted by molar-refractivity contribution is -0.150. The topological polar surface area (TPSA) is 145 Å². The van der Waals surface area contributed by atoms with Gasteiger partial charge >= 0.3 is 5.97 Å². The first-order valence-corrected chi connectivity index (χ1v) is 12.2. The first-order valence-electron chi connectivity index (χ1n) is 12.2. The van der Waals surface area contributed by atoms with Crippen molar-refractivity contribution < 1.29 is 34.1 Å². The quantitative estimate of drug-likeness (QED) is 0.380. The fourth-order valence-electron chi connectivity index (χ4n) is 4.32. The molecule has 0 radical (unpaired) electrons.